The van der Waals surface area contributed by atoms with E-state index in [4.69, 9.17) is 4.74 Å². The Hall–Kier alpha value is -2.37. The monoisotopic (exact) mass is 323 g/mol. The Labute approximate surface area is 132 Å². The van der Waals surface area contributed by atoms with Crippen molar-refractivity contribution in [2.24, 2.45) is 0 Å². The van der Waals surface area contributed by atoms with Crippen LogP contribution >= 0.6 is 0 Å². The number of hydrogen-bond acceptors (Lipinski definition) is 3. The molecular weight excluding hydrogens is 307 g/mol. The molecule has 0 atom stereocenters. The van der Waals surface area contributed by atoms with E-state index in [1.165, 1.54) is 24.4 Å². The van der Waals surface area contributed by atoms with Crippen molar-refractivity contribution in [1.82, 2.24) is 4.98 Å². The maximum atomic E-state index is 12.9. The van der Waals surface area contributed by atoms with Crippen molar-refractivity contribution in [3.8, 4) is 11.1 Å². The SMILES string of the molecule is CCOC(=O)c1c(-c2cccc(C(F)(F)F)c2)ccnc1CC. The molecule has 0 amide bonds. The molecule has 23 heavy (non-hydrogen) atoms. The first-order chi connectivity index (χ1) is 10.9. The molecule has 6 heteroatoms. The molecule has 1 aromatic carbocycles. The third kappa shape index (κ3) is 3.70. The van der Waals surface area contributed by atoms with Gasteiger partial charge in [-0.2, -0.15) is 13.2 Å². The number of halogens is 3. The molecule has 0 radical (unpaired) electrons. The Balaban J connectivity index is 2.62. The van der Waals surface area contributed by atoms with Crippen LogP contribution in [-0.4, -0.2) is 17.6 Å². The summed E-state index contributed by atoms with van der Waals surface area (Å²) in [6.07, 6.45) is -2.49. The van der Waals surface area contributed by atoms with Gasteiger partial charge in [0.1, 0.15) is 0 Å². The summed E-state index contributed by atoms with van der Waals surface area (Å²) in [5, 5.41) is 0. The number of ether oxygens (including phenoxy) is 1. The lowest BCUT2D eigenvalue weighted by Gasteiger charge is -2.14. The van der Waals surface area contributed by atoms with Gasteiger partial charge in [0, 0.05) is 6.20 Å². The largest absolute Gasteiger partial charge is 0.462 e. The van der Waals surface area contributed by atoms with Crippen LogP contribution in [0.15, 0.2) is 36.5 Å². The van der Waals surface area contributed by atoms with Crippen LogP contribution in [0.1, 0.15) is 35.5 Å². The number of pyridine rings is 1. The zero-order valence-corrected chi connectivity index (χ0v) is 12.8. The zero-order chi connectivity index (χ0) is 17.0. The van der Waals surface area contributed by atoms with Crippen LogP contribution in [0.4, 0.5) is 13.2 Å². The van der Waals surface area contributed by atoms with Crippen molar-refractivity contribution in [3.63, 3.8) is 0 Å². The molecule has 0 N–H and O–H groups in total. The number of carbonyl (C=O) groups is 1. The van der Waals surface area contributed by atoms with Crippen LogP contribution in [0.5, 0.6) is 0 Å². The average Bonchev–Trinajstić information content (AvgIpc) is 2.53. The molecule has 0 saturated carbocycles. The molecule has 0 spiro atoms. The molecule has 2 aromatic rings. The summed E-state index contributed by atoms with van der Waals surface area (Å²) in [6, 6.07) is 6.40. The van der Waals surface area contributed by atoms with Gasteiger partial charge in [-0.15, -0.1) is 0 Å². The predicted octanol–water partition coefficient (Wildman–Crippen LogP) is 4.51. The van der Waals surface area contributed by atoms with E-state index in [2.05, 4.69) is 4.98 Å². The summed E-state index contributed by atoms with van der Waals surface area (Å²) < 4.78 is 43.7. The van der Waals surface area contributed by atoms with Crippen LogP contribution < -0.4 is 0 Å². The molecule has 0 aliphatic heterocycles. The molecule has 1 aromatic heterocycles. The summed E-state index contributed by atoms with van der Waals surface area (Å²) >= 11 is 0. The van der Waals surface area contributed by atoms with Gasteiger partial charge in [-0.1, -0.05) is 19.1 Å². The van der Waals surface area contributed by atoms with Gasteiger partial charge in [0.05, 0.1) is 23.4 Å². The highest BCUT2D eigenvalue weighted by Crippen LogP contribution is 2.33. The molecule has 0 aliphatic rings. The van der Waals surface area contributed by atoms with Gasteiger partial charge in [0.2, 0.25) is 0 Å². The number of carbonyl (C=O) groups excluding carboxylic acids is 1. The van der Waals surface area contributed by atoms with Crippen LogP contribution in [0.3, 0.4) is 0 Å². The smallest absolute Gasteiger partial charge is 0.416 e. The minimum absolute atomic E-state index is 0.179. The first-order valence-corrected chi connectivity index (χ1v) is 7.21. The Morgan fingerprint density at radius 3 is 2.57 bits per heavy atom. The second-order valence-electron chi connectivity index (χ2n) is 4.83. The van der Waals surface area contributed by atoms with Crippen LogP contribution in [0.25, 0.3) is 11.1 Å². The normalized spacial score (nSPS) is 11.3. The third-order valence-electron chi connectivity index (χ3n) is 3.34. The maximum absolute atomic E-state index is 12.9. The summed E-state index contributed by atoms with van der Waals surface area (Å²) in [5.74, 6) is -0.579. The second kappa shape index (κ2) is 6.81. The third-order valence-corrected chi connectivity index (χ3v) is 3.34. The van der Waals surface area contributed by atoms with Crippen LogP contribution in [-0.2, 0) is 17.3 Å². The first kappa shape index (κ1) is 17.0. The van der Waals surface area contributed by atoms with Gasteiger partial charge in [-0.05, 0) is 42.7 Å². The molecule has 0 aliphatic carbocycles. The quantitative estimate of drug-likeness (QED) is 0.777. The summed E-state index contributed by atoms with van der Waals surface area (Å²) in [7, 11) is 0. The lowest BCUT2D eigenvalue weighted by atomic mass is 9.96. The number of rotatable bonds is 4. The number of esters is 1. The zero-order valence-electron chi connectivity index (χ0n) is 12.8. The lowest BCUT2D eigenvalue weighted by molar-refractivity contribution is -0.137. The number of aryl methyl sites for hydroxylation is 1. The fourth-order valence-electron chi connectivity index (χ4n) is 2.31. The number of alkyl halides is 3. The van der Waals surface area contributed by atoms with Crippen molar-refractivity contribution in [3.05, 3.63) is 53.3 Å². The number of benzene rings is 1. The molecule has 1 heterocycles. The summed E-state index contributed by atoms with van der Waals surface area (Å²) in [6.45, 7) is 3.67. The summed E-state index contributed by atoms with van der Waals surface area (Å²) in [4.78, 5) is 16.4. The van der Waals surface area contributed by atoms with Crippen LogP contribution in [0.2, 0.25) is 0 Å². The van der Waals surface area contributed by atoms with Crippen molar-refractivity contribution in [1.29, 1.82) is 0 Å². The molecule has 0 saturated heterocycles. The Bertz CT molecular complexity index is 711. The Kier molecular flexibility index (Phi) is 5.03. The van der Waals surface area contributed by atoms with E-state index in [0.717, 1.165) is 12.1 Å². The highest BCUT2D eigenvalue weighted by Gasteiger charge is 2.31. The van der Waals surface area contributed by atoms with Crippen molar-refractivity contribution >= 4 is 5.97 Å². The van der Waals surface area contributed by atoms with E-state index in [1.54, 1.807) is 6.92 Å². The molecular formula is C17H16F3NO2. The van der Waals surface area contributed by atoms with E-state index in [-0.39, 0.29) is 12.2 Å². The first-order valence-electron chi connectivity index (χ1n) is 7.21. The number of aromatic nitrogens is 1. The Morgan fingerprint density at radius 2 is 1.96 bits per heavy atom. The van der Waals surface area contributed by atoms with Crippen molar-refractivity contribution in [2.75, 3.05) is 6.61 Å². The number of hydrogen-bond donors (Lipinski definition) is 0. The van der Waals surface area contributed by atoms with Crippen molar-refractivity contribution < 1.29 is 22.7 Å². The fourth-order valence-corrected chi connectivity index (χ4v) is 2.31. The highest BCUT2D eigenvalue weighted by molar-refractivity contribution is 5.98. The minimum atomic E-state index is -4.44. The number of nitrogens with zero attached hydrogens (tertiary/aromatic N) is 1. The summed E-state index contributed by atoms with van der Waals surface area (Å²) in [5.41, 5.74) is 0.649. The molecule has 0 fully saturated rings. The maximum Gasteiger partial charge on any atom is 0.416 e. The standard InChI is InChI=1S/C17H16F3NO2/c1-3-14-15(16(22)23-4-2)13(8-9-21-14)11-6-5-7-12(10-11)17(18,19)20/h5-10H,3-4H2,1-2H3. The molecule has 0 bridgehead atoms. The van der Waals surface area contributed by atoms with Gasteiger partial charge in [0.15, 0.2) is 0 Å². The van der Waals surface area contributed by atoms with Gasteiger partial charge < -0.3 is 4.74 Å². The molecule has 2 rings (SSSR count). The van der Waals surface area contributed by atoms with Gasteiger partial charge >= 0.3 is 12.1 Å². The van der Waals surface area contributed by atoms with E-state index in [0.29, 0.717) is 23.2 Å². The molecule has 3 nitrogen and oxygen atoms in total. The topological polar surface area (TPSA) is 39.2 Å². The molecule has 0 unspecified atom stereocenters. The van der Waals surface area contributed by atoms with Crippen molar-refractivity contribution in [2.45, 2.75) is 26.4 Å². The fraction of sp³-hybridized carbons (Fsp3) is 0.294. The van der Waals surface area contributed by atoms with E-state index in [9.17, 15) is 18.0 Å². The Morgan fingerprint density at radius 1 is 1.22 bits per heavy atom. The van der Waals surface area contributed by atoms with E-state index >= 15 is 0 Å². The molecule has 122 valence electrons. The van der Waals surface area contributed by atoms with E-state index in [1.807, 2.05) is 6.92 Å². The van der Waals surface area contributed by atoms with E-state index < -0.39 is 17.7 Å². The van der Waals surface area contributed by atoms with Gasteiger partial charge in [-0.25, -0.2) is 4.79 Å². The predicted molar refractivity (Wildman–Crippen MR) is 80.0 cm³/mol. The highest BCUT2D eigenvalue weighted by atomic mass is 19.4. The lowest BCUT2D eigenvalue weighted by Crippen LogP contribution is -2.11. The van der Waals surface area contributed by atoms with Gasteiger partial charge in [0.25, 0.3) is 0 Å². The average molecular weight is 323 g/mol. The second-order valence-corrected chi connectivity index (χ2v) is 4.83. The minimum Gasteiger partial charge on any atom is -0.462 e. The van der Waals surface area contributed by atoms with Crippen LogP contribution in [0, 0.1) is 0 Å². The van der Waals surface area contributed by atoms with Gasteiger partial charge in [-0.3, -0.25) is 4.98 Å².